The molecule has 0 aliphatic rings. The number of nitrogens with zero attached hydrogens (tertiary/aromatic N) is 2. The van der Waals surface area contributed by atoms with Crippen LogP contribution < -0.4 is 10.4 Å². The molecule has 180 valence electrons. The van der Waals surface area contributed by atoms with Gasteiger partial charge in [0, 0.05) is 24.0 Å². The van der Waals surface area contributed by atoms with Crippen molar-refractivity contribution in [2.24, 2.45) is 0 Å². The minimum Gasteiger partial charge on any atom is -0.449 e. The highest BCUT2D eigenvalue weighted by Gasteiger charge is 2.13. The molecule has 1 N–H and O–H groups in total. The molecule has 0 atom stereocenters. The van der Waals surface area contributed by atoms with Gasteiger partial charge in [-0.3, -0.25) is 9.13 Å². The third kappa shape index (κ3) is 6.09. The van der Waals surface area contributed by atoms with Crippen molar-refractivity contribution in [3.8, 4) is 16.9 Å². The van der Waals surface area contributed by atoms with Crippen LogP contribution in [0, 0.1) is 0 Å². The van der Waals surface area contributed by atoms with Crippen LogP contribution in [0.15, 0.2) is 89.9 Å². The maximum Gasteiger partial charge on any atom is 0.511 e. The van der Waals surface area contributed by atoms with Gasteiger partial charge in [0.2, 0.25) is 0 Å². The highest BCUT2D eigenvalue weighted by molar-refractivity contribution is 5.74. The number of imidazole rings is 1. The summed E-state index contributed by atoms with van der Waals surface area (Å²) in [7, 11) is 0. The van der Waals surface area contributed by atoms with Gasteiger partial charge in [0.05, 0.1) is 6.54 Å². The van der Waals surface area contributed by atoms with Crippen molar-refractivity contribution in [2.75, 3.05) is 0 Å². The van der Waals surface area contributed by atoms with Crippen molar-refractivity contribution in [1.29, 1.82) is 0 Å². The normalized spacial score (nSPS) is 10.9. The fraction of sp³-hybridized carbons (Fsp3) is 0.241. The summed E-state index contributed by atoms with van der Waals surface area (Å²) in [6.07, 6.45) is 4.43. The van der Waals surface area contributed by atoms with Gasteiger partial charge in [0.25, 0.3) is 0 Å². The molecule has 1 aromatic heterocycles. The van der Waals surface area contributed by atoms with Crippen molar-refractivity contribution < 1.29 is 14.6 Å². The van der Waals surface area contributed by atoms with Crippen LogP contribution in [0.4, 0.5) is 4.79 Å². The molecule has 0 aliphatic heterocycles. The molecule has 0 radical (unpaired) electrons. The SMILES string of the molecule is CCCCc1cn(CCc2ccccc2)c(=O)n1Cc1ccc(-c2ccccc2OC(=O)O)cc1. The molecule has 0 saturated heterocycles. The summed E-state index contributed by atoms with van der Waals surface area (Å²) in [5.74, 6) is 0.293. The number of rotatable bonds is 10. The Labute approximate surface area is 205 Å². The van der Waals surface area contributed by atoms with E-state index in [0.717, 1.165) is 42.5 Å². The first-order chi connectivity index (χ1) is 17.0. The lowest BCUT2D eigenvalue weighted by Crippen LogP contribution is -2.26. The van der Waals surface area contributed by atoms with E-state index in [1.54, 1.807) is 12.1 Å². The molecule has 6 nitrogen and oxygen atoms in total. The Balaban J connectivity index is 1.55. The standard InChI is InChI=1S/C29H30N2O4/c1-2-3-11-25-21-30(19-18-22-9-5-4-6-10-22)28(32)31(25)20-23-14-16-24(17-15-23)26-12-7-8-13-27(26)35-29(33)34/h4-10,12-17,21H,2-3,11,18-20H2,1H3,(H,33,34). The Kier molecular flexibility index (Phi) is 7.83. The number of carbonyl (C=O) groups is 1. The van der Waals surface area contributed by atoms with E-state index < -0.39 is 6.16 Å². The number of ether oxygens (including phenoxy) is 1. The first kappa shape index (κ1) is 24.1. The molecule has 0 unspecified atom stereocenters. The number of carboxylic acid groups (broad SMARTS) is 1. The molecule has 1 heterocycles. The molecule has 3 aromatic carbocycles. The summed E-state index contributed by atoms with van der Waals surface area (Å²) < 4.78 is 8.62. The van der Waals surface area contributed by atoms with Crippen molar-refractivity contribution in [3.05, 3.63) is 112 Å². The number of para-hydroxylation sites is 1. The van der Waals surface area contributed by atoms with Crippen LogP contribution in [0.25, 0.3) is 11.1 Å². The number of hydrogen-bond donors (Lipinski definition) is 1. The van der Waals surface area contributed by atoms with Gasteiger partial charge in [0.15, 0.2) is 0 Å². The van der Waals surface area contributed by atoms with Crippen LogP contribution in [-0.2, 0) is 25.9 Å². The van der Waals surface area contributed by atoms with E-state index in [-0.39, 0.29) is 5.69 Å². The number of aryl methyl sites for hydroxylation is 3. The van der Waals surface area contributed by atoms with Crippen LogP contribution in [0.2, 0.25) is 0 Å². The van der Waals surface area contributed by atoms with Gasteiger partial charge in [-0.05, 0) is 42.0 Å². The molecule has 35 heavy (non-hydrogen) atoms. The third-order valence-corrected chi connectivity index (χ3v) is 6.09. The Bertz CT molecular complexity index is 1320. The van der Waals surface area contributed by atoms with Gasteiger partial charge in [-0.1, -0.05) is 86.1 Å². The zero-order chi connectivity index (χ0) is 24.6. The molecule has 0 spiro atoms. The van der Waals surface area contributed by atoms with Crippen LogP contribution in [0.5, 0.6) is 5.75 Å². The Hall–Kier alpha value is -4.06. The molecule has 0 amide bonds. The zero-order valence-corrected chi connectivity index (χ0v) is 19.9. The van der Waals surface area contributed by atoms with Gasteiger partial charge in [-0.15, -0.1) is 0 Å². The summed E-state index contributed by atoms with van der Waals surface area (Å²) in [5, 5.41) is 9.01. The average Bonchev–Trinajstić information content (AvgIpc) is 3.16. The van der Waals surface area contributed by atoms with Gasteiger partial charge in [0.1, 0.15) is 5.75 Å². The van der Waals surface area contributed by atoms with E-state index in [9.17, 15) is 9.59 Å². The largest absolute Gasteiger partial charge is 0.511 e. The summed E-state index contributed by atoms with van der Waals surface area (Å²) in [6.45, 7) is 3.29. The molecule has 0 aliphatic carbocycles. The predicted octanol–water partition coefficient (Wildman–Crippen LogP) is 6.01. The van der Waals surface area contributed by atoms with E-state index in [0.29, 0.717) is 24.4 Å². The number of benzene rings is 3. The molecule has 0 fully saturated rings. The van der Waals surface area contributed by atoms with Crippen molar-refractivity contribution >= 4 is 6.16 Å². The summed E-state index contributed by atoms with van der Waals surface area (Å²) in [6, 6.07) is 25.1. The van der Waals surface area contributed by atoms with E-state index in [2.05, 4.69) is 19.1 Å². The minimum absolute atomic E-state index is 0.0105. The lowest BCUT2D eigenvalue weighted by Gasteiger charge is -2.10. The number of aromatic nitrogens is 2. The second-order valence-corrected chi connectivity index (χ2v) is 8.58. The Morgan fingerprint density at radius 2 is 1.60 bits per heavy atom. The topological polar surface area (TPSA) is 73.5 Å². The predicted molar refractivity (Wildman–Crippen MR) is 137 cm³/mol. The molecule has 0 bridgehead atoms. The molecule has 4 rings (SSSR count). The smallest absolute Gasteiger partial charge is 0.449 e. The Morgan fingerprint density at radius 1 is 0.886 bits per heavy atom. The van der Waals surface area contributed by atoms with Crippen LogP contribution >= 0.6 is 0 Å². The minimum atomic E-state index is -1.34. The van der Waals surface area contributed by atoms with Crippen molar-refractivity contribution in [3.63, 3.8) is 0 Å². The number of unbranched alkanes of at least 4 members (excludes halogenated alkanes) is 1. The second-order valence-electron chi connectivity index (χ2n) is 8.58. The van der Waals surface area contributed by atoms with Gasteiger partial charge >= 0.3 is 11.8 Å². The maximum atomic E-state index is 13.3. The van der Waals surface area contributed by atoms with E-state index >= 15 is 0 Å². The Morgan fingerprint density at radius 3 is 2.31 bits per heavy atom. The van der Waals surface area contributed by atoms with Crippen molar-refractivity contribution in [2.45, 2.75) is 45.7 Å². The zero-order valence-electron chi connectivity index (χ0n) is 19.9. The summed E-state index contributed by atoms with van der Waals surface area (Å²) in [4.78, 5) is 24.3. The van der Waals surface area contributed by atoms with Crippen LogP contribution in [0.3, 0.4) is 0 Å². The first-order valence-electron chi connectivity index (χ1n) is 12.0. The lowest BCUT2D eigenvalue weighted by molar-refractivity contribution is 0.144. The maximum absolute atomic E-state index is 13.3. The molecular formula is C29H30N2O4. The van der Waals surface area contributed by atoms with Crippen molar-refractivity contribution in [1.82, 2.24) is 9.13 Å². The lowest BCUT2D eigenvalue weighted by atomic mass is 10.0. The van der Waals surface area contributed by atoms with Gasteiger partial charge < -0.3 is 9.84 Å². The van der Waals surface area contributed by atoms with Gasteiger partial charge in [-0.2, -0.15) is 0 Å². The monoisotopic (exact) mass is 470 g/mol. The molecule has 4 aromatic rings. The molecule has 0 saturated carbocycles. The highest BCUT2D eigenvalue weighted by atomic mass is 16.7. The van der Waals surface area contributed by atoms with Crippen LogP contribution in [-0.4, -0.2) is 20.4 Å². The quantitative estimate of drug-likeness (QED) is 0.228. The second kappa shape index (κ2) is 11.4. The fourth-order valence-corrected chi connectivity index (χ4v) is 4.22. The van der Waals surface area contributed by atoms with Gasteiger partial charge in [-0.25, -0.2) is 9.59 Å². The van der Waals surface area contributed by atoms with E-state index in [1.165, 1.54) is 5.56 Å². The van der Waals surface area contributed by atoms with E-state index in [1.807, 2.05) is 69.9 Å². The van der Waals surface area contributed by atoms with Crippen LogP contribution in [0.1, 0.15) is 36.6 Å². The third-order valence-electron chi connectivity index (χ3n) is 6.09. The summed E-state index contributed by atoms with van der Waals surface area (Å²) in [5.41, 5.74) is 4.83. The first-order valence-corrected chi connectivity index (χ1v) is 12.0. The number of hydrogen-bond acceptors (Lipinski definition) is 3. The molecular weight excluding hydrogens is 440 g/mol. The average molecular weight is 471 g/mol. The highest BCUT2D eigenvalue weighted by Crippen LogP contribution is 2.30. The molecule has 6 heteroatoms. The van der Waals surface area contributed by atoms with E-state index in [4.69, 9.17) is 9.84 Å². The summed E-state index contributed by atoms with van der Waals surface area (Å²) >= 11 is 0. The fourth-order valence-electron chi connectivity index (χ4n) is 4.22.